The molecule has 0 N–H and O–H groups in total. The van der Waals surface area contributed by atoms with Crippen LogP contribution in [0.3, 0.4) is 0 Å². The Morgan fingerprint density at radius 2 is 1.57 bits per heavy atom. The highest BCUT2D eigenvalue weighted by molar-refractivity contribution is 9.12. The Labute approximate surface area is 102 Å². The lowest BCUT2D eigenvalue weighted by Gasteiger charge is -2.15. The molecule has 0 amide bonds. The van der Waals surface area contributed by atoms with Crippen molar-refractivity contribution in [3.63, 3.8) is 0 Å². The second kappa shape index (κ2) is 8.03. The molecule has 0 saturated heterocycles. The molecular formula is C10H18Br2F2. The molecule has 0 spiro atoms. The van der Waals surface area contributed by atoms with Crippen LogP contribution in [0.2, 0.25) is 0 Å². The van der Waals surface area contributed by atoms with E-state index >= 15 is 0 Å². The van der Waals surface area contributed by atoms with E-state index in [0.29, 0.717) is 6.42 Å². The van der Waals surface area contributed by atoms with Crippen LogP contribution in [0.4, 0.5) is 8.78 Å². The summed E-state index contributed by atoms with van der Waals surface area (Å²) in [6.07, 6.45) is 7.35. The summed E-state index contributed by atoms with van der Waals surface area (Å²) in [6, 6.07) is 0. The SMILES string of the molecule is CCCCCCCCC(Br)C(F)(F)Br. The smallest absolute Gasteiger partial charge is 0.193 e. The first-order chi connectivity index (χ1) is 6.48. The van der Waals surface area contributed by atoms with E-state index in [-0.39, 0.29) is 0 Å². The minimum Gasteiger partial charge on any atom is -0.193 e. The molecule has 1 atom stereocenters. The van der Waals surface area contributed by atoms with E-state index in [4.69, 9.17) is 0 Å². The van der Waals surface area contributed by atoms with Crippen molar-refractivity contribution in [3.05, 3.63) is 0 Å². The van der Waals surface area contributed by atoms with E-state index in [9.17, 15) is 8.78 Å². The fourth-order valence-corrected chi connectivity index (χ4v) is 1.82. The molecule has 4 heteroatoms. The van der Waals surface area contributed by atoms with Gasteiger partial charge < -0.3 is 0 Å². The van der Waals surface area contributed by atoms with Crippen LogP contribution in [0.25, 0.3) is 0 Å². The number of unbranched alkanes of at least 4 members (excludes halogenated alkanes) is 5. The summed E-state index contributed by atoms with van der Waals surface area (Å²) < 4.78 is 25.2. The van der Waals surface area contributed by atoms with Crippen molar-refractivity contribution >= 4 is 31.9 Å². The molecule has 0 saturated carbocycles. The zero-order valence-corrected chi connectivity index (χ0v) is 11.7. The molecule has 0 aromatic heterocycles. The van der Waals surface area contributed by atoms with Crippen LogP contribution >= 0.6 is 31.9 Å². The van der Waals surface area contributed by atoms with E-state index in [1.165, 1.54) is 25.7 Å². The van der Waals surface area contributed by atoms with Gasteiger partial charge in [-0.25, -0.2) is 0 Å². The molecule has 0 heterocycles. The van der Waals surface area contributed by atoms with Crippen molar-refractivity contribution in [1.29, 1.82) is 0 Å². The van der Waals surface area contributed by atoms with Gasteiger partial charge in [-0.05, 0) is 22.4 Å². The van der Waals surface area contributed by atoms with Crippen LogP contribution in [-0.4, -0.2) is 9.66 Å². The predicted octanol–water partition coefficient (Wildman–Crippen LogP) is 5.49. The maximum absolute atomic E-state index is 12.6. The van der Waals surface area contributed by atoms with Gasteiger partial charge in [-0.3, -0.25) is 0 Å². The Kier molecular flexibility index (Phi) is 8.50. The second-order valence-electron chi connectivity index (χ2n) is 3.57. The maximum Gasteiger partial charge on any atom is 0.313 e. The molecule has 86 valence electrons. The molecule has 0 aliphatic carbocycles. The number of rotatable bonds is 8. The molecule has 0 radical (unpaired) electrons. The van der Waals surface area contributed by atoms with Gasteiger partial charge in [-0.15, -0.1) is 0 Å². The number of halogens is 4. The number of hydrogen-bond donors (Lipinski definition) is 0. The average Bonchev–Trinajstić information content (AvgIpc) is 2.09. The van der Waals surface area contributed by atoms with E-state index < -0.39 is 9.66 Å². The zero-order chi connectivity index (χ0) is 11.0. The highest BCUT2D eigenvalue weighted by atomic mass is 79.9. The molecule has 0 aliphatic rings. The summed E-state index contributed by atoms with van der Waals surface area (Å²) in [5, 5.41) is 0. The van der Waals surface area contributed by atoms with Crippen LogP contribution in [-0.2, 0) is 0 Å². The lowest BCUT2D eigenvalue weighted by Crippen LogP contribution is -2.20. The molecule has 0 aromatic rings. The Hall–Kier alpha value is 0.820. The van der Waals surface area contributed by atoms with Gasteiger partial charge in [0.15, 0.2) is 0 Å². The number of hydrogen-bond acceptors (Lipinski definition) is 0. The molecule has 0 bridgehead atoms. The van der Waals surface area contributed by atoms with Gasteiger partial charge in [-0.1, -0.05) is 61.4 Å². The van der Waals surface area contributed by atoms with Crippen LogP contribution in [0.5, 0.6) is 0 Å². The van der Waals surface area contributed by atoms with Crippen molar-refractivity contribution in [2.24, 2.45) is 0 Å². The molecular weight excluding hydrogens is 318 g/mol. The van der Waals surface area contributed by atoms with Gasteiger partial charge in [0.2, 0.25) is 0 Å². The highest BCUT2D eigenvalue weighted by Gasteiger charge is 2.33. The first-order valence-electron chi connectivity index (χ1n) is 5.19. The van der Waals surface area contributed by atoms with Gasteiger partial charge >= 0.3 is 4.83 Å². The molecule has 0 aliphatic heterocycles. The Morgan fingerprint density at radius 3 is 2.07 bits per heavy atom. The van der Waals surface area contributed by atoms with Crippen LogP contribution in [0.1, 0.15) is 51.9 Å². The molecule has 1 unspecified atom stereocenters. The Morgan fingerprint density at radius 1 is 1.07 bits per heavy atom. The lowest BCUT2D eigenvalue weighted by molar-refractivity contribution is 0.110. The van der Waals surface area contributed by atoms with Gasteiger partial charge in [0, 0.05) is 0 Å². The summed E-state index contributed by atoms with van der Waals surface area (Å²) in [5.74, 6) is 0. The average molecular weight is 336 g/mol. The monoisotopic (exact) mass is 334 g/mol. The van der Waals surface area contributed by atoms with Crippen LogP contribution < -0.4 is 0 Å². The largest absolute Gasteiger partial charge is 0.313 e. The molecule has 0 aromatic carbocycles. The van der Waals surface area contributed by atoms with Crippen molar-refractivity contribution in [2.45, 2.75) is 61.5 Å². The molecule has 0 nitrogen and oxygen atoms in total. The predicted molar refractivity (Wildman–Crippen MR) is 64.6 cm³/mol. The summed E-state index contributed by atoms with van der Waals surface area (Å²) in [6.45, 7) is 2.17. The third-order valence-electron chi connectivity index (χ3n) is 2.17. The molecule has 14 heavy (non-hydrogen) atoms. The third-order valence-corrected chi connectivity index (χ3v) is 4.37. The fraction of sp³-hybridized carbons (Fsp3) is 1.00. The van der Waals surface area contributed by atoms with E-state index in [0.717, 1.165) is 12.8 Å². The maximum atomic E-state index is 12.6. The minimum absolute atomic E-state index is 0.532. The van der Waals surface area contributed by atoms with Crippen molar-refractivity contribution < 1.29 is 8.78 Å². The molecule has 0 fully saturated rings. The van der Waals surface area contributed by atoms with E-state index in [2.05, 4.69) is 38.8 Å². The van der Waals surface area contributed by atoms with E-state index in [1.54, 1.807) is 0 Å². The third kappa shape index (κ3) is 8.16. The van der Waals surface area contributed by atoms with Crippen molar-refractivity contribution in [1.82, 2.24) is 0 Å². The first-order valence-corrected chi connectivity index (χ1v) is 6.90. The lowest BCUT2D eigenvalue weighted by atomic mass is 10.1. The number of alkyl halides is 4. The quantitative estimate of drug-likeness (QED) is 0.406. The first kappa shape index (κ1) is 14.8. The van der Waals surface area contributed by atoms with Crippen LogP contribution in [0.15, 0.2) is 0 Å². The Bertz CT molecular complexity index is 135. The Balaban J connectivity index is 3.28. The standard InChI is InChI=1S/C10H18Br2F2/c1-2-3-4-5-6-7-8-9(11)10(12,13)14/h9H,2-8H2,1H3. The summed E-state index contributed by atoms with van der Waals surface area (Å²) >= 11 is 5.34. The van der Waals surface area contributed by atoms with E-state index in [1.807, 2.05) is 0 Å². The topological polar surface area (TPSA) is 0 Å². The summed E-state index contributed by atoms with van der Waals surface area (Å²) in [7, 11) is 0. The van der Waals surface area contributed by atoms with Gasteiger partial charge in [0.1, 0.15) is 0 Å². The highest BCUT2D eigenvalue weighted by Crippen LogP contribution is 2.34. The van der Waals surface area contributed by atoms with Crippen LogP contribution in [0, 0.1) is 0 Å². The van der Waals surface area contributed by atoms with Gasteiger partial charge in [0.25, 0.3) is 0 Å². The minimum atomic E-state index is -2.77. The zero-order valence-electron chi connectivity index (χ0n) is 8.54. The summed E-state index contributed by atoms with van der Waals surface area (Å²) in [4.78, 5) is -3.50. The van der Waals surface area contributed by atoms with Gasteiger partial charge in [0.05, 0.1) is 4.83 Å². The summed E-state index contributed by atoms with van der Waals surface area (Å²) in [5.41, 5.74) is 0. The fourth-order valence-electron chi connectivity index (χ4n) is 1.27. The van der Waals surface area contributed by atoms with Gasteiger partial charge in [-0.2, -0.15) is 8.78 Å². The van der Waals surface area contributed by atoms with Crippen molar-refractivity contribution in [2.75, 3.05) is 0 Å². The van der Waals surface area contributed by atoms with Crippen molar-refractivity contribution in [3.8, 4) is 0 Å². The molecule has 0 rings (SSSR count). The normalized spacial score (nSPS) is 14.4. The second-order valence-corrected chi connectivity index (χ2v) is 5.73.